The Labute approximate surface area is 250 Å². The highest BCUT2D eigenvalue weighted by molar-refractivity contribution is 5.99. The van der Waals surface area contributed by atoms with E-state index in [0.29, 0.717) is 25.4 Å². The summed E-state index contributed by atoms with van der Waals surface area (Å²) in [7, 11) is 2.00. The summed E-state index contributed by atoms with van der Waals surface area (Å²) in [6.45, 7) is 5.05. The number of ether oxygens (including phenoxy) is 1. The molecule has 0 saturated heterocycles. The van der Waals surface area contributed by atoms with Crippen LogP contribution in [0.15, 0.2) is 72.8 Å². The van der Waals surface area contributed by atoms with E-state index in [-0.39, 0.29) is 35.8 Å². The lowest BCUT2D eigenvalue weighted by Crippen LogP contribution is -2.49. The normalized spacial score (nSPS) is 18.0. The number of alkyl halides is 3. The van der Waals surface area contributed by atoms with Crippen LogP contribution in [0, 0.1) is 5.92 Å². The quantitative estimate of drug-likeness (QED) is 0.300. The highest BCUT2D eigenvalue weighted by atomic mass is 19.4. The zero-order valence-corrected chi connectivity index (χ0v) is 24.6. The van der Waals surface area contributed by atoms with Crippen molar-refractivity contribution in [3.8, 4) is 16.9 Å². The molecule has 7 nitrogen and oxygen atoms in total. The minimum absolute atomic E-state index is 0.0873. The van der Waals surface area contributed by atoms with Crippen LogP contribution in [-0.4, -0.2) is 71.8 Å². The predicted molar refractivity (Wildman–Crippen MR) is 160 cm³/mol. The van der Waals surface area contributed by atoms with E-state index in [4.69, 9.17) is 4.74 Å². The molecule has 0 fully saturated rings. The van der Waals surface area contributed by atoms with Gasteiger partial charge in [-0.05, 0) is 48.9 Å². The fourth-order valence-electron chi connectivity index (χ4n) is 5.11. The third-order valence-corrected chi connectivity index (χ3v) is 7.59. The van der Waals surface area contributed by atoms with Gasteiger partial charge < -0.3 is 20.1 Å². The number of benzene rings is 3. The van der Waals surface area contributed by atoms with Crippen molar-refractivity contribution < 1.29 is 32.6 Å². The van der Waals surface area contributed by atoms with E-state index in [2.05, 4.69) is 46.6 Å². The maximum atomic E-state index is 13.6. The van der Waals surface area contributed by atoms with E-state index in [9.17, 15) is 27.9 Å². The summed E-state index contributed by atoms with van der Waals surface area (Å²) in [4.78, 5) is 29.5. The van der Waals surface area contributed by atoms with Crippen molar-refractivity contribution in [1.29, 1.82) is 0 Å². The van der Waals surface area contributed by atoms with Gasteiger partial charge in [-0.15, -0.1) is 0 Å². The van der Waals surface area contributed by atoms with Crippen LogP contribution in [0.1, 0.15) is 42.6 Å². The number of likely N-dealkylation sites (N-methyl/N-ethyl adjacent to an activating group) is 1. The first-order valence-corrected chi connectivity index (χ1v) is 14.4. The van der Waals surface area contributed by atoms with Crippen LogP contribution in [0.5, 0.6) is 5.75 Å². The minimum Gasteiger partial charge on any atom is -0.488 e. The molecule has 0 saturated carbocycles. The number of nitrogens with one attached hydrogen (secondary N) is 1. The summed E-state index contributed by atoms with van der Waals surface area (Å²) in [5.41, 5.74) is 3.79. The van der Waals surface area contributed by atoms with E-state index in [1.165, 1.54) is 12.1 Å². The van der Waals surface area contributed by atoms with Crippen molar-refractivity contribution in [2.24, 2.45) is 5.92 Å². The second kappa shape index (κ2) is 14.1. The SMILES string of the molecule is C[C@@H]1CN([C@H](C)CO)C(=O)c2cc(NC(=O)CCC(F)(F)F)ccc2O[C@H]1CN(C)Cc1ccc(-c2ccccc2)cc1. The van der Waals surface area contributed by atoms with Crippen LogP contribution < -0.4 is 10.1 Å². The molecule has 10 heteroatoms. The minimum atomic E-state index is -4.45. The maximum Gasteiger partial charge on any atom is 0.389 e. The molecule has 230 valence electrons. The Morgan fingerprint density at radius 3 is 2.42 bits per heavy atom. The molecule has 0 aliphatic carbocycles. The van der Waals surface area contributed by atoms with Crippen molar-refractivity contribution in [1.82, 2.24) is 9.80 Å². The van der Waals surface area contributed by atoms with Gasteiger partial charge in [0.15, 0.2) is 0 Å². The number of nitrogens with zero attached hydrogens (tertiary/aromatic N) is 2. The van der Waals surface area contributed by atoms with E-state index in [1.807, 2.05) is 32.2 Å². The van der Waals surface area contributed by atoms with Gasteiger partial charge >= 0.3 is 6.18 Å². The number of carbonyl (C=O) groups is 2. The molecule has 0 bridgehead atoms. The van der Waals surface area contributed by atoms with Crippen molar-refractivity contribution in [2.45, 2.75) is 51.6 Å². The number of anilines is 1. The first kappa shape index (κ1) is 32.0. The molecule has 1 aliphatic heterocycles. The molecule has 3 aromatic carbocycles. The highest BCUT2D eigenvalue weighted by Gasteiger charge is 2.34. The van der Waals surface area contributed by atoms with E-state index >= 15 is 0 Å². The van der Waals surface area contributed by atoms with E-state index < -0.39 is 31.0 Å². The standard InChI is InChI=1S/C33H38F3N3O4/c1-22-18-39(23(2)21-40)32(42)28-17-27(37-31(41)15-16-33(34,35)36)13-14-29(28)43-30(22)20-38(3)19-24-9-11-26(12-10-24)25-7-5-4-6-8-25/h4-14,17,22-23,30,40H,15-16,18-21H2,1-3H3,(H,37,41)/t22-,23-,30+/m1/s1. The Hall–Kier alpha value is -3.89. The molecular formula is C33H38F3N3O4. The van der Waals surface area contributed by atoms with Gasteiger partial charge in [0, 0.05) is 37.7 Å². The summed E-state index contributed by atoms with van der Waals surface area (Å²) in [6.07, 6.45) is -6.73. The number of hydrogen-bond donors (Lipinski definition) is 2. The molecule has 0 radical (unpaired) electrons. The zero-order chi connectivity index (χ0) is 31.1. The van der Waals surface area contributed by atoms with Gasteiger partial charge in [-0.3, -0.25) is 14.5 Å². The molecule has 2 amide bonds. The number of aliphatic hydroxyl groups excluding tert-OH is 1. The molecule has 0 aromatic heterocycles. The lowest BCUT2D eigenvalue weighted by molar-refractivity contribution is -0.142. The summed E-state index contributed by atoms with van der Waals surface area (Å²) >= 11 is 0. The Bertz CT molecular complexity index is 1380. The zero-order valence-electron chi connectivity index (χ0n) is 24.6. The number of aliphatic hydroxyl groups is 1. The Balaban J connectivity index is 1.51. The number of rotatable bonds is 10. The third kappa shape index (κ3) is 8.81. The molecule has 0 spiro atoms. The number of amides is 2. The second-order valence-corrected chi connectivity index (χ2v) is 11.3. The first-order chi connectivity index (χ1) is 20.4. The highest BCUT2D eigenvalue weighted by Crippen LogP contribution is 2.31. The van der Waals surface area contributed by atoms with Gasteiger partial charge in [-0.25, -0.2) is 0 Å². The molecule has 3 atom stereocenters. The average Bonchev–Trinajstić information content (AvgIpc) is 2.98. The van der Waals surface area contributed by atoms with E-state index in [1.54, 1.807) is 17.9 Å². The smallest absolute Gasteiger partial charge is 0.389 e. The number of halogens is 3. The second-order valence-electron chi connectivity index (χ2n) is 11.3. The molecule has 1 aliphatic rings. The number of carbonyl (C=O) groups excluding carboxylic acids is 2. The van der Waals surface area contributed by atoms with Crippen LogP contribution in [0.3, 0.4) is 0 Å². The van der Waals surface area contributed by atoms with Crippen LogP contribution in [0.25, 0.3) is 11.1 Å². The monoisotopic (exact) mass is 597 g/mol. The molecule has 43 heavy (non-hydrogen) atoms. The Kier molecular flexibility index (Phi) is 10.5. The molecule has 0 unspecified atom stereocenters. The van der Waals surface area contributed by atoms with Gasteiger partial charge in [0.1, 0.15) is 11.9 Å². The molecule has 2 N–H and O–H groups in total. The molecular weight excluding hydrogens is 559 g/mol. The summed E-state index contributed by atoms with van der Waals surface area (Å²) < 4.78 is 44.1. The Morgan fingerprint density at radius 2 is 1.77 bits per heavy atom. The van der Waals surface area contributed by atoms with Crippen LogP contribution in [-0.2, 0) is 11.3 Å². The van der Waals surface area contributed by atoms with Gasteiger partial charge in [-0.1, -0.05) is 61.5 Å². The predicted octanol–water partition coefficient (Wildman–Crippen LogP) is 5.99. The van der Waals surface area contributed by atoms with Gasteiger partial charge in [-0.2, -0.15) is 13.2 Å². The van der Waals surface area contributed by atoms with Crippen molar-refractivity contribution in [3.63, 3.8) is 0 Å². The lowest BCUT2D eigenvalue weighted by atomic mass is 9.99. The van der Waals surface area contributed by atoms with E-state index in [0.717, 1.165) is 16.7 Å². The Morgan fingerprint density at radius 1 is 1.09 bits per heavy atom. The lowest BCUT2D eigenvalue weighted by Gasteiger charge is -2.38. The topological polar surface area (TPSA) is 82.1 Å². The number of fused-ring (bicyclic) bond motifs is 1. The average molecular weight is 598 g/mol. The van der Waals surface area contributed by atoms with Crippen LogP contribution in [0.4, 0.5) is 18.9 Å². The molecule has 3 aromatic rings. The first-order valence-electron chi connectivity index (χ1n) is 14.4. The van der Waals surface area contributed by atoms with Crippen LogP contribution in [0.2, 0.25) is 0 Å². The number of hydrogen-bond acceptors (Lipinski definition) is 5. The fraction of sp³-hybridized carbons (Fsp3) is 0.394. The largest absolute Gasteiger partial charge is 0.488 e. The van der Waals surface area contributed by atoms with Crippen molar-refractivity contribution in [3.05, 3.63) is 83.9 Å². The third-order valence-electron chi connectivity index (χ3n) is 7.59. The maximum absolute atomic E-state index is 13.6. The van der Waals surface area contributed by atoms with Gasteiger partial charge in [0.25, 0.3) is 5.91 Å². The van der Waals surface area contributed by atoms with Crippen LogP contribution >= 0.6 is 0 Å². The van der Waals surface area contributed by atoms with Crippen molar-refractivity contribution in [2.75, 3.05) is 32.1 Å². The summed E-state index contributed by atoms with van der Waals surface area (Å²) in [5, 5.41) is 12.3. The van der Waals surface area contributed by atoms with Gasteiger partial charge in [0.05, 0.1) is 24.6 Å². The summed E-state index contributed by atoms with van der Waals surface area (Å²) in [5.74, 6) is -0.969. The fourth-order valence-corrected chi connectivity index (χ4v) is 5.11. The molecule has 4 rings (SSSR count). The summed E-state index contributed by atoms with van der Waals surface area (Å²) in [6, 6.07) is 22.6. The molecule has 1 heterocycles. The van der Waals surface area contributed by atoms with Crippen molar-refractivity contribution >= 4 is 17.5 Å². The van der Waals surface area contributed by atoms with Gasteiger partial charge in [0.2, 0.25) is 5.91 Å².